The summed E-state index contributed by atoms with van der Waals surface area (Å²) in [5.41, 5.74) is 0.619. The highest BCUT2D eigenvalue weighted by molar-refractivity contribution is 5.12. The second-order valence-corrected chi connectivity index (χ2v) is 4.80. The van der Waals surface area contributed by atoms with E-state index in [1.165, 1.54) is 0 Å². The Hall–Kier alpha value is -1.44. The Bertz CT molecular complexity index is 402. The lowest BCUT2D eigenvalue weighted by Gasteiger charge is -2.37. The van der Waals surface area contributed by atoms with Crippen molar-refractivity contribution >= 4 is 0 Å². The number of nitrogens with zero attached hydrogens (tertiary/aromatic N) is 3. The number of pyridine rings is 1. The van der Waals surface area contributed by atoms with Crippen LogP contribution in [-0.4, -0.2) is 35.1 Å². The normalized spacial score (nSPS) is 19.3. The highest BCUT2D eigenvalue weighted by atomic mass is 15.1. The van der Waals surface area contributed by atoms with Crippen LogP contribution in [0.25, 0.3) is 0 Å². The van der Waals surface area contributed by atoms with Crippen molar-refractivity contribution in [2.45, 2.75) is 31.8 Å². The van der Waals surface area contributed by atoms with Crippen molar-refractivity contribution in [3.8, 4) is 6.07 Å². The molecule has 0 radical (unpaired) electrons. The van der Waals surface area contributed by atoms with Crippen LogP contribution in [0.2, 0.25) is 0 Å². The molecule has 1 fully saturated rings. The van der Waals surface area contributed by atoms with Gasteiger partial charge < -0.3 is 4.90 Å². The molecule has 1 aliphatic heterocycles. The highest BCUT2D eigenvalue weighted by Crippen LogP contribution is 2.21. The van der Waals surface area contributed by atoms with Gasteiger partial charge in [-0.3, -0.25) is 10.3 Å². The van der Waals surface area contributed by atoms with E-state index in [1.807, 2.05) is 18.2 Å². The summed E-state index contributed by atoms with van der Waals surface area (Å²) in [6.07, 6.45) is 3.57. The van der Waals surface area contributed by atoms with Crippen molar-refractivity contribution in [3.63, 3.8) is 0 Å². The number of piperidine rings is 1. The summed E-state index contributed by atoms with van der Waals surface area (Å²) in [5.74, 6) is 0. The molecule has 2 rings (SSSR count). The van der Waals surface area contributed by atoms with Crippen LogP contribution in [-0.2, 0) is 6.54 Å². The van der Waals surface area contributed by atoms with E-state index in [-0.39, 0.29) is 5.54 Å². The molecule has 1 aliphatic rings. The van der Waals surface area contributed by atoms with Crippen molar-refractivity contribution in [2.24, 2.45) is 0 Å². The lowest BCUT2D eigenvalue weighted by molar-refractivity contribution is 0.172. The first-order valence-electron chi connectivity index (χ1n) is 6.56. The second-order valence-electron chi connectivity index (χ2n) is 4.80. The van der Waals surface area contributed by atoms with Gasteiger partial charge in [-0.05, 0) is 31.5 Å². The summed E-state index contributed by atoms with van der Waals surface area (Å²) in [5, 5.41) is 12.8. The van der Waals surface area contributed by atoms with Gasteiger partial charge in [-0.25, -0.2) is 0 Å². The van der Waals surface area contributed by atoms with Crippen molar-refractivity contribution in [3.05, 3.63) is 30.1 Å². The summed E-state index contributed by atoms with van der Waals surface area (Å²) in [4.78, 5) is 6.66. The van der Waals surface area contributed by atoms with E-state index in [1.54, 1.807) is 6.20 Å². The molecule has 0 atom stereocenters. The summed E-state index contributed by atoms with van der Waals surface area (Å²) in [6.45, 7) is 5.90. The van der Waals surface area contributed by atoms with E-state index in [4.69, 9.17) is 0 Å². The van der Waals surface area contributed by atoms with Crippen molar-refractivity contribution in [1.29, 1.82) is 5.26 Å². The average molecular weight is 244 g/mol. The zero-order valence-electron chi connectivity index (χ0n) is 10.9. The first kappa shape index (κ1) is 13.0. The summed E-state index contributed by atoms with van der Waals surface area (Å²) < 4.78 is 0. The van der Waals surface area contributed by atoms with Crippen LogP contribution in [0, 0.1) is 11.3 Å². The monoisotopic (exact) mass is 244 g/mol. The molecule has 0 amide bonds. The maximum absolute atomic E-state index is 9.43. The first-order chi connectivity index (χ1) is 8.78. The Morgan fingerprint density at radius 2 is 2.22 bits per heavy atom. The van der Waals surface area contributed by atoms with Crippen LogP contribution < -0.4 is 5.32 Å². The van der Waals surface area contributed by atoms with Gasteiger partial charge in [0.15, 0.2) is 0 Å². The average Bonchev–Trinajstić information content (AvgIpc) is 2.47. The second kappa shape index (κ2) is 5.94. The molecule has 96 valence electrons. The molecule has 2 heterocycles. The molecule has 4 nitrogen and oxygen atoms in total. The van der Waals surface area contributed by atoms with Crippen molar-refractivity contribution < 1.29 is 0 Å². The van der Waals surface area contributed by atoms with Gasteiger partial charge in [0.2, 0.25) is 0 Å². The zero-order valence-corrected chi connectivity index (χ0v) is 10.9. The summed E-state index contributed by atoms with van der Waals surface area (Å²) in [6, 6.07) is 8.33. The van der Waals surface area contributed by atoms with Crippen LogP contribution >= 0.6 is 0 Å². The van der Waals surface area contributed by atoms with E-state index in [0.717, 1.165) is 38.2 Å². The van der Waals surface area contributed by atoms with Gasteiger partial charge in [0.05, 0.1) is 11.8 Å². The number of nitriles is 1. The van der Waals surface area contributed by atoms with E-state index in [9.17, 15) is 5.26 Å². The van der Waals surface area contributed by atoms with Crippen LogP contribution in [0.3, 0.4) is 0 Å². The predicted molar refractivity (Wildman–Crippen MR) is 70.8 cm³/mol. The molecule has 0 aliphatic carbocycles. The minimum absolute atomic E-state index is 0.372. The van der Waals surface area contributed by atoms with Crippen LogP contribution in [0.15, 0.2) is 24.4 Å². The first-order valence-corrected chi connectivity index (χ1v) is 6.56. The molecule has 18 heavy (non-hydrogen) atoms. The van der Waals surface area contributed by atoms with E-state index >= 15 is 0 Å². The molecule has 0 bridgehead atoms. The SMILES string of the molecule is CCN1CCC(C#N)(NCc2ccccn2)CC1. The molecule has 1 N–H and O–H groups in total. The number of hydrogen-bond donors (Lipinski definition) is 1. The lowest BCUT2D eigenvalue weighted by atomic mass is 9.89. The molecular weight excluding hydrogens is 224 g/mol. The maximum atomic E-state index is 9.43. The standard InChI is InChI=1S/C14H20N4/c1-2-18-9-6-14(12-15,7-10-18)17-11-13-5-3-4-8-16-13/h3-5,8,17H,2,6-7,9-11H2,1H3. The minimum atomic E-state index is -0.372. The third-order valence-corrected chi connectivity index (χ3v) is 3.70. The van der Waals surface area contributed by atoms with Gasteiger partial charge in [0, 0.05) is 25.8 Å². The molecular formula is C14H20N4. The number of rotatable bonds is 4. The van der Waals surface area contributed by atoms with E-state index in [0.29, 0.717) is 6.54 Å². The Labute approximate surface area is 109 Å². The Morgan fingerprint density at radius 3 is 2.78 bits per heavy atom. The van der Waals surface area contributed by atoms with Crippen LogP contribution in [0.5, 0.6) is 0 Å². The number of nitrogens with one attached hydrogen (secondary N) is 1. The molecule has 1 aromatic heterocycles. The Balaban J connectivity index is 1.92. The smallest absolute Gasteiger partial charge is 0.109 e. The lowest BCUT2D eigenvalue weighted by Crippen LogP contribution is -2.52. The fourth-order valence-corrected chi connectivity index (χ4v) is 2.34. The number of likely N-dealkylation sites (tertiary alicyclic amines) is 1. The number of hydrogen-bond acceptors (Lipinski definition) is 4. The largest absolute Gasteiger partial charge is 0.303 e. The Kier molecular flexibility index (Phi) is 4.29. The van der Waals surface area contributed by atoms with Gasteiger partial charge in [-0.2, -0.15) is 5.26 Å². The molecule has 4 heteroatoms. The third-order valence-electron chi connectivity index (χ3n) is 3.70. The topological polar surface area (TPSA) is 52.0 Å². The molecule has 1 aromatic rings. The van der Waals surface area contributed by atoms with Gasteiger partial charge >= 0.3 is 0 Å². The van der Waals surface area contributed by atoms with Crippen LogP contribution in [0.1, 0.15) is 25.5 Å². The molecule has 0 unspecified atom stereocenters. The van der Waals surface area contributed by atoms with Gasteiger partial charge in [-0.15, -0.1) is 0 Å². The highest BCUT2D eigenvalue weighted by Gasteiger charge is 2.33. The summed E-state index contributed by atoms with van der Waals surface area (Å²) in [7, 11) is 0. The van der Waals surface area contributed by atoms with Crippen molar-refractivity contribution in [2.75, 3.05) is 19.6 Å². The number of aromatic nitrogens is 1. The predicted octanol–water partition coefficient (Wildman–Crippen LogP) is 1.55. The fraction of sp³-hybridized carbons (Fsp3) is 0.571. The van der Waals surface area contributed by atoms with Gasteiger partial charge in [0.1, 0.15) is 5.54 Å². The molecule has 0 saturated carbocycles. The molecule has 0 aromatic carbocycles. The van der Waals surface area contributed by atoms with E-state index in [2.05, 4.69) is 28.2 Å². The molecule has 0 spiro atoms. The van der Waals surface area contributed by atoms with Gasteiger partial charge in [0.25, 0.3) is 0 Å². The fourth-order valence-electron chi connectivity index (χ4n) is 2.34. The van der Waals surface area contributed by atoms with Gasteiger partial charge in [-0.1, -0.05) is 13.0 Å². The van der Waals surface area contributed by atoms with Crippen LogP contribution in [0.4, 0.5) is 0 Å². The van der Waals surface area contributed by atoms with Crippen molar-refractivity contribution in [1.82, 2.24) is 15.2 Å². The van der Waals surface area contributed by atoms with E-state index < -0.39 is 0 Å². The summed E-state index contributed by atoms with van der Waals surface area (Å²) >= 11 is 0. The third kappa shape index (κ3) is 3.06. The Morgan fingerprint density at radius 1 is 1.44 bits per heavy atom. The maximum Gasteiger partial charge on any atom is 0.109 e. The minimum Gasteiger partial charge on any atom is -0.303 e. The molecule has 1 saturated heterocycles. The quantitative estimate of drug-likeness (QED) is 0.873. The zero-order chi connectivity index (χ0) is 12.8.